The number of carbonyl (C=O) groups is 2. The molecule has 0 saturated carbocycles. The quantitative estimate of drug-likeness (QED) is 0.647. The van der Waals surface area contributed by atoms with Gasteiger partial charge in [0.25, 0.3) is 0 Å². The molecule has 0 radical (unpaired) electrons. The molecule has 17 heavy (non-hydrogen) atoms. The van der Waals surface area contributed by atoms with Gasteiger partial charge in [-0.2, -0.15) is 0 Å². The molecule has 0 aliphatic rings. The molecule has 88 valence electrons. The van der Waals surface area contributed by atoms with Crippen molar-refractivity contribution in [2.24, 2.45) is 0 Å². The maximum Gasteiger partial charge on any atom is 0.335 e. The van der Waals surface area contributed by atoms with Crippen molar-refractivity contribution in [3.63, 3.8) is 0 Å². The minimum atomic E-state index is -0.935. The first kappa shape index (κ1) is 17.9. The predicted octanol–water partition coefficient (Wildman–Crippen LogP) is 2.34. The number of aliphatic carboxylic acids is 1. The number of carboxylic acid groups (broad SMARTS) is 2. The van der Waals surface area contributed by atoms with Gasteiger partial charge in [0.1, 0.15) is 0 Å². The van der Waals surface area contributed by atoms with Crippen LogP contribution in [-0.4, -0.2) is 22.2 Å². The molecule has 0 amide bonds. The van der Waals surface area contributed by atoms with E-state index < -0.39 is 11.9 Å². The third-order valence-corrected chi connectivity index (χ3v) is 1.74. The van der Waals surface area contributed by atoms with Crippen LogP contribution in [0.1, 0.15) is 22.8 Å². The summed E-state index contributed by atoms with van der Waals surface area (Å²) in [6, 6.07) is 6.92. The van der Waals surface area contributed by atoms with E-state index in [9.17, 15) is 9.59 Å². The van der Waals surface area contributed by atoms with Crippen LogP contribution in [0.15, 0.2) is 36.4 Å². The van der Waals surface area contributed by atoms with Crippen molar-refractivity contribution >= 4 is 11.9 Å². The summed E-state index contributed by atoms with van der Waals surface area (Å²) in [6.45, 7) is 6.38. The number of benzene rings is 1. The summed E-state index contributed by atoms with van der Waals surface area (Å²) >= 11 is 0. The molecule has 0 saturated heterocycles. The van der Waals surface area contributed by atoms with Gasteiger partial charge >= 0.3 is 11.9 Å². The summed E-state index contributed by atoms with van der Waals surface area (Å²) in [4.78, 5) is 20.0. The molecule has 1 aromatic rings. The number of carboxylic acids is 2. The standard InChI is InChI=1S/C8H8O2.C4H6O2.Zn/c1-6-4-2-3-5-7(6)8(9)10;1-3(2)4(5)6;/h2-5H,1H3,(H,9,10);1H2,2H3,(H,5,6);. The summed E-state index contributed by atoms with van der Waals surface area (Å²) in [5.74, 6) is -1.80. The van der Waals surface area contributed by atoms with E-state index >= 15 is 0 Å². The maximum atomic E-state index is 10.4. The molecule has 0 heterocycles. The van der Waals surface area contributed by atoms with Crippen molar-refractivity contribution in [1.29, 1.82) is 0 Å². The SMILES string of the molecule is C=C(C)C(=O)O.Cc1ccccc1C(=O)O.[Zn]. The van der Waals surface area contributed by atoms with Crippen LogP contribution >= 0.6 is 0 Å². The minimum Gasteiger partial charge on any atom is -0.478 e. The molecule has 0 fully saturated rings. The van der Waals surface area contributed by atoms with Gasteiger partial charge in [-0.15, -0.1) is 0 Å². The second kappa shape index (κ2) is 8.65. The zero-order valence-corrected chi connectivity index (χ0v) is 12.9. The normalized spacial score (nSPS) is 8.12. The molecule has 0 atom stereocenters. The van der Waals surface area contributed by atoms with Crippen LogP contribution in [0.4, 0.5) is 0 Å². The van der Waals surface area contributed by atoms with Crippen LogP contribution in [0, 0.1) is 6.92 Å². The molecule has 0 aliphatic carbocycles. The maximum absolute atomic E-state index is 10.4. The molecular weight excluding hydrogens is 274 g/mol. The van der Waals surface area contributed by atoms with E-state index in [1.54, 1.807) is 25.1 Å². The van der Waals surface area contributed by atoms with Crippen LogP contribution in [0.2, 0.25) is 0 Å². The molecule has 0 unspecified atom stereocenters. The van der Waals surface area contributed by atoms with Gasteiger partial charge in [0.15, 0.2) is 0 Å². The predicted molar refractivity (Wildman–Crippen MR) is 60.6 cm³/mol. The fourth-order valence-corrected chi connectivity index (χ4v) is 0.813. The summed E-state index contributed by atoms with van der Waals surface area (Å²) in [7, 11) is 0. The molecule has 4 nitrogen and oxygen atoms in total. The van der Waals surface area contributed by atoms with Gasteiger partial charge in [-0.25, -0.2) is 9.59 Å². The van der Waals surface area contributed by atoms with Crippen molar-refractivity contribution < 1.29 is 39.3 Å². The number of rotatable bonds is 2. The molecule has 0 aliphatic heterocycles. The number of hydrogen-bond acceptors (Lipinski definition) is 2. The Hall–Kier alpha value is -1.48. The first-order valence-corrected chi connectivity index (χ1v) is 4.54. The zero-order valence-electron chi connectivity index (χ0n) is 9.93. The Morgan fingerprint density at radius 3 is 1.82 bits per heavy atom. The van der Waals surface area contributed by atoms with Gasteiger partial charge in [-0.3, -0.25) is 0 Å². The molecule has 2 N–H and O–H groups in total. The van der Waals surface area contributed by atoms with Crippen LogP contribution in [0.25, 0.3) is 0 Å². The van der Waals surface area contributed by atoms with E-state index in [-0.39, 0.29) is 25.1 Å². The van der Waals surface area contributed by atoms with Crippen molar-refractivity contribution in [2.75, 3.05) is 0 Å². The van der Waals surface area contributed by atoms with E-state index in [2.05, 4.69) is 6.58 Å². The van der Waals surface area contributed by atoms with Gasteiger partial charge in [-0.05, 0) is 25.5 Å². The van der Waals surface area contributed by atoms with Crippen LogP contribution in [0.5, 0.6) is 0 Å². The van der Waals surface area contributed by atoms with Crippen molar-refractivity contribution in [2.45, 2.75) is 13.8 Å². The zero-order chi connectivity index (χ0) is 12.7. The summed E-state index contributed by atoms with van der Waals surface area (Å²) in [5.41, 5.74) is 1.35. The molecule has 1 aromatic carbocycles. The summed E-state index contributed by atoms with van der Waals surface area (Å²) in [5, 5.41) is 16.5. The molecule has 0 spiro atoms. The Morgan fingerprint density at radius 1 is 1.18 bits per heavy atom. The second-order valence-corrected chi connectivity index (χ2v) is 3.21. The number of aryl methyl sites for hydroxylation is 1. The van der Waals surface area contributed by atoms with Crippen LogP contribution in [-0.2, 0) is 24.3 Å². The number of hydrogen-bond donors (Lipinski definition) is 2. The fraction of sp³-hybridized carbons (Fsp3) is 0.167. The van der Waals surface area contributed by atoms with E-state index in [1.165, 1.54) is 6.92 Å². The fourth-order valence-electron chi connectivity index (χ4n) is 0.813. The topological polar surface area (TPSA) is 74.6 Å². The Kier molecular flexibility index (Phi) is 9.11. The van der Waals surface area contributed by atoms with Gasteiger partial charge in [-0.1, -0.05) is 24.8 Å². The van der Waals surface area contributed by atoms with Crippen molar-refractivity contribution in [1.82, 2.24) is 0 Å². The van der Waals surface area contributed by atoms with E-state index in [1.807, 2.05) is 6.07 Å². The van der Waals surface area contributed by atoms with Gasteiger partial charge in [0, 0.05) is 25.1 Å². The third kappa shape index (κ3) is 7.42. The van der Waals surface area contributed by atoms with Gasteiger partial charge in [0.05, 0.1) is 5.56 Å². The van der Waals surface area contributed by atoms with Crippen LogP contribution < -0.4 is 0 Å². The Bertz CT molecular complexity index is 401. The van der Waals surface area contributed by atoms with Crippen LogP contribution in [0.3, 0.4) is 0 Å². The Balaban J connectivity index is 0. The Labute approximate surface area is 113 Å². The summed E-state index contributed by atoms with van der Waals surface area (Å²) in [6.07, 6.45) is 0. The second-order valence-electron chi connectivity index (χ2n) is 3.21. The largest absolute Gasteiger partial charge is 0.478 e. The van der Waals surface area contributed by atoms with Crippen molar-refractivity contribution in [3.8, 4) is 0 Å². The average molecular weight is 288 g/mol. The Morgan fingerprint density at radius 2 is 1.59 bits per heavy atom. The molecule has 0 aromatic heterocycles. The van der Waals surface area contributed by atoms with E-state index in [4.69, 9.17) is 10.2 Å². The van der Waals surface area contributed by atoms with Gasteiger partial charge in [0.2, 0.25) is 0 Å². The first-order valence-electron chi connectivity index (χ1n) is 4.54. The van der Waals surface area contributed by atoms with Gasteiger partial charge < -0.3 is 10.2 Å². The smallest absolute Gasteiger partial charge is 0.335 e. The minimum absolute atomic E-state index is 0. The third-order valence-electron chi connectivity index (χ3n) is 1.74. The van der Waals surface area contributed by atoms with E-state index in [0.717, 1.165) is 5.56 Å². The summed E-state index contributed by atoms with van der Waals surface area (Å²) < 4.78 is 0. The molecule has 5 heteroatoms. The first-order chi connectivity index (χ1) is 7.36. The molecule has 1 rings (SSSR count). The number of aromatic carboxylic acids is 1. The molecular formula is C12H14O4Zn. The average Bonchev–Trinajstić information content (AvgIpc) is 2.18. The van der Waals surface area contributed by atoms with E-state index in [0.29, 0.717) is 5.56 Å². The van der Waals surface area contributed by atoms with Crippen molar-refractivity contribution in [3.05, 3.63) is 47.5 Å². The monoisotopic (exact) mass is 286 g/mol. The molecule has 0 bridgehead atoms.